The van der Waals surface area contributed by atoms with Gasteiger partial charge in [-0.3, -0.25) is 9.59 Å². The molecule has 0 fully saturated rings. The molecule has 0 unspecified atom stereocenters. The van der Waals surface area contributed by atoms with Crippen molar-refractivity contribution in [2.75, 3.05) is 11.1 Å². The number of hydrogen-bond donors (Lipinski definition) is 1. The summed E-state index contributed by atoms with van der Waals surface area (Å²) in [4.78, 5) is 28.8. The largest absolute Gasteiger partial charge is 0.452 e. The van der Waals surface area contributed by atoms with Crippen LogP contribution in [-0.2, 0) is 14.3 Å². The van der Waals surface area contributed by atoms with Gasteiger partial charge in [0.15, 0.2) is 11.7 Å². The number of anilines is 1. The number of oxazole rings is 1. The van der Waals surface area contributed by atoms with Crippen LogP contribution in [-0.4, -0.2) is 28.7 Å². The lowest BCUT2D eigenvalue weighted by atomic mass is 10.0. The summed E-state index contributed by atoms with van der Waals surface area (Å²) in [6.07, 6.45) is -0.906. The molecule has 0 saturated heterocycles. The number of ether oxygens (including phenoxy) is 1. The van der Waals surface area contributed by atoms with Gasteiger partial charge in [0.1, 0.15) is 11.3 Å². The molecule has 6 nitrogen and oxygen atoms in total. The van der Waals surface area contributed by atoms with Crippen molar-refractivity contribution in [1.82, 2.24) is 4.98 Å². The second-order valence-electron chi connectivity index (χ2n) is 6.60. The van der Waals surface area contributed by atoms with Crippen molar-refractivity contribution in [3.05, 3.63) is 54.1 Å². The molecule has 0 aliphatic heterocycles. The maximum Gasteiger partial charge on any atom is 0.317 e. The minimum Gasteiger partial charge on any atom is -0.452 e. The highest BCUT2D eigenvalue weighted by Crippen LogP contribution is 2.25. The Morgan fingerprint density at radius 3 is 2.57 bits per heavy atom. The van der Waals surface area contributed by atoms with Gasteiger partial charge >= 0.3 is 5.97 Å². The molecule has 0 aliphatic rings. The van der Waals surface area contributed by atoms with Crippen molar-refractivity contribution in [1.29, 1.82) is 0 Å². The highest BCUT2D eigenvalue weighted by atomic mass is 32.2. The second-order valence-corrected chi connectivity index (χ2v) is 7.53. The number of rotatable bonds is 7. The summed E-state index contributed by atoms with van der Waals surface area (Å²) in [5.41, 5.74) is 3.15. The number of benzene rings is 2. The Labute approximate surface area is 167 Å². The van der Waals surface area contributed by atoms with E-state index in [0.29, 0.717) is 10.8 Å². The zero-order valence-electron chi connectivity index (χ0n) is 16.0. The molecule has 1 aromatic heterocycles. The van der Waals surface area contributed by atoms with Crippen molar-refractivity contribution in [3.8, 4) is 0 Å². The molecule has 3 rings (SSSR count). The van der Waals surface area contributed by atoms with E-state index < -0.39 is 12.1 Å². The van der Waals surface area contributed by atoms with E-state index in [9.17, 15) is 9.59 Å². The number of nitrogens with zero attached hydrogens (tertiary/aromatic N) is 1. The van der Waals surface area contributed by atoms with Gasteiger partial charge in [0.2, 0.25) is 0 Å². The lowest BCUT2D eigenvalue weighted by Gasteiger charge is -2.17. The number of nitrogens with one attached hydrogen (secondary N) is 1. The molecule has 0 saturated carbocycles. The fourth-order valence-corrected chi connectivity index (χ4v) is 3.29. The summed E-state index contributed by atoms with van der Waals surface area (Å²) >= 11 is 1.13. The Balaban J connectivity index is 1.53. The lowest BCUT2D eigenvalue weighted by Crippen LogP contribution is -2.30. The first-order valence-corrected chi connectivity index (χ1v) is 10.00. The molecule has 1 heterocycles. The minimum atomic E-state index is -0.906. The summed E-state index contributed by atoms with van der Waals surface area (Å²) in [6.45, 7) is 5.66. The zero-order chi connectivity index (χ0) is 20.1. The lowest BCUT2D eigenvalue weighted by molar-refractivity contribution is -0.150. The molecule has 3 aromatic rings. The van der Waals surface area contributed by atoms with E-state index in [1.165, 1.54) is 0 Å². The fourth-order valence-electron chi connectivity index (χ4n) is 2.67. The molecular weight excluding hydrogens is 376 g/mol. The van der Waals surface area contributed by atoms with Crippen LogP contribution in [0, 0.1) is 0 Å². The number of aromatic nitrogens is 1. The van der Waals surface area contributed by atoms with Crippen LogP contribution in [0.2, 0.25) is 0 Å². The number of fused-ring (bicyclic) bond motifs is 1. The fraction of sp³-hybridized carbons (Fsp3) is 0.286. The van der Waals surface area contributed by atoms with Crippen molar-refractivity contribution in [3.63, 3.8) is 0 Å². The summed E-state index contributed by atoms with van der Waals surface area (Å²) in [5.74, 6) is -0.602. The van der Waals surface area contributed by atoms with Crippen molar-refractivity contribution < 1.29 is 18.7 Å². The number of carbonyl (C=O) groups is 2. The predicted molar refractivity (Wildman–Crippen MR) is 109 cm³/mol. The SMILES string of the molecule is CC(C)c1ccccc1NC(=O)[C@@H](C)OC(=O)CSc1nc2ccccc2o1. The molecule has 0 bridgehead atoms. The molecular formula is C21H22N2O4S. The van der Waals surface area contributed by atoms with Crippen molar-refractivity contribution in [2.24, 2.45) is 0 Å². The molecule has 2 aromatic carbocycles. The van der Waals surface area contributed by atoms with Crippen LogP contribution in [0.1, 0.15) is 32.3 Å². The van der Waals surface area contributed by atoms with E-state index in [1.54, 1.807) is 6.92 Å². The second kappa shape index (κ2) is 8.93. The third kappa shape index (κ3) is 4.92. The van der Waals surface area contributed by atoms with Crippen LogP contribution < -0.4 is 5.32 Å². The third-order valence-electron chi connectivity index (χ3n) is 4.11. The normalized spacial score (nSPS) is 12.1. The molecule has 0 aliphatic carbocycles. The number of hydrogen-bond acceptors (Lipinski definition) is 6. The van der Waals surface area contributed by atoms with Gasteiger partial charge in [-0.1, -0.05) is 55.9 Å². The van der Waals surface area contributed by atoms with E-state index in [0.717, 1.165) is 28.5 Å². The topological polar surface area (TPSA) is 81.4 Å². The van der Waals surface area contributed by atoms with Crippen LogP contribution in [0.15, 0.2) is 58.2 Å². The van der Waals surface area contributed by atoms with Crippen LogP contribution >= 0.6 is 11.8 Å². The minimum absolute atomic E-state index is 0.00697. The maximum atomic E-state index is 12.4. The standard InChI is InChI=1S/C21H22N2O4S/c1-13(2)15-8-4-5-9-16(15)22-20(25)14(3)26-19(24)12-28-21-23-17-10-6-7-11-18(17)27-21/h4-11,13-14H,12H2,1-3H3,(H,22,25)/t14-/m1/s1. The van der Waals surface area contributed by atoms with E-state index in [2.05, 4.69) is 24.1 Å². The molecule has 0 radical (unpaired) electrons. The number of carbonyl (C=O) groups excluding carboxylic acids is 2. The molecule has 146 valence electrons. The van der Waals surface area contributed by atoms with Crippen LogP contribution in [0.4, 0.5) is 5.69 Å². The highest BCUT2D eigenvalue weighted by Gasteiger charge is 2.20. The highest BCUT2D eigenvalue weighted by molar-refractivity contribution is 7.99. The van der Waals surface area contributed by atoms with E-state index in [4.69, 9.17) is 9.15 Å². The number of esters is 1. The van der Waals surface area contributed by atoms with Gasteiger partial charge in [0.25, 0.3) is 11.1 Å². The van der Waals surface area contributed by atoms with Gasteiger partial charge in [-0.2, -0.15) is 0 Å². The average molecular weight is 398 g/mol. The molecule has 1 amide bonds. The first kappa shape index (κ1) is 19.9. The molecule has 0 spiro atoms. The molecule has 7 heteroatoms. The molecule has 1 N–H and O–H groups in total. The summed E-state index contributed by atoms with van der Waals surface area (Å²) in [7, 11) is 0. The Bertz CT molecular complexity index is 950. The quantitative estimate of drug-likeness (QED) is 0.462. The Morgan fingerprint density at radius 2 is 1.82 bits per heavy atom. The van der Waals surface area contributed by atoms with Crippen molar-refractivity contribution >= 4 is 40.4 Å². The number of amides is 1. The summed E-state index contributed by atoms with van der Waals surface area (Å²) < 4.78 is 10.8. The monoisotopic (exact) mass is 398 g/mol. The van der Waals surface area contributed by atoms with E-state index in [-0.39, 0.29) is 17.6 Å². The molecule has 28 heavy (non-hydrogen) atoms. The van der Waals surface area contributed by atoms with Gasteiger partial charge in [0.05, 0.1) is 0 Å². The zero-order valence-corrected chi connectivity index (χ0v) is 16.8. The Kier molecular flexibility index (Phi) is 6.36. The van der Waals surface area contributed by atoms with Crippen molar-refractivity contribution in [2.45, 2.75) is 38.0 Å². The number of para-hydroxylation sites is 3. The van der Waals surface area contributed by atoms with Gasteiger partial charge < -0.3 is 14.5 Å². The Hall–Kier alpha value is -2.80. The Morgan fingerprint density at radius 1 is 1.11 bits per heavy atom. The maximum absolute atomic E-state index is 12.4. The van der Waals surface area contributed by atoms with Gasteiger partial charge in [-0.15, -0.1) is 0 Å². The molecule has 1 atom stereocenters. The summed E-state index contributed by atoms with van der Waals surface area (Å²) in [6, 6.07) is 15.0. The van der Waals surface area contributed by atoms with Crippen LogP contribution in [0.3, 0.4) is 0 Å². The van der Waals surface area contributed by atoms with E-state index in [1.807, 2.05) is 48.5 Å². The smallest absolute Gasteiger partial charge is 0.317 e. The van der Waals surface area contributed by atoms with E-state index >= 15 is 0 Å². The summed E-state index contributed by atoms with van der Waals surface area (Å²) in [5, 5.41) is 3.22. The predicted octanol–water partition coefficient (Wildman–Crippen LogP) is 4.61. The first-order valence-electron chi connectivity index (χ1n) is 9.01. The van der Waals surface area contributed by atoms with Crippen LogP contribution in [0.5, 0.6) is 0 Å². The van der Waals surface area contributed by atoms with Gasteiger partial charge in [0, 0.05) is 5.69 Å². The van der Waals surface area contributed by atoms with Crippen LogP contribution in [0.25, 0.3) is 11.1 Å². The van der Waals surface area contributed by atoms with Gasteiger partial charge in [-0.25, -0.2) is 4.98 Å². The number of thioether (sulfide) groups is 1. The van der Waals surface area contributed by atoms with Gasteiger partial charge in [-0.05, 0) is 36.6 Å². The average Bonchev–Trinajstić information content (AvgIpc) is 3.09. The third-order valence-corrected chi connectivity index (χ3v) is 4.91. The first-order chi connectivity index (χ1) is 13.4.